The van der Waals surface area contributed by atoms with Crippen molar-refractivity contribution in [2.45, 2.75) is 36.3 Å². The van der Waals surface area contributed by atoms with E-state index in [1.54, 1.807) is 140 Å². The average molecular weight is 1880 g/mol. The van der Waals surface area contributed by atoms with Gasteiger partial charge < -0.3 is 74.0 Å². The van der Waals surface area contributed by atoms with Crippen molar-refractivity contribution in [1.29, 1.82) is 0 Å². The molecule has 590 valence electrons. The third-order valence-electron chi connectivity index (χ3n) is 18.6. The number of hydrogen-bond acceptors (Lipinski definition) is 22. The van der Waals surface area contributed by atoms with E-state index in [-0.39, 0.29) is 66.9 Å². The Morgan fingerprint density at radius 3 is 1.42 bits per heavy atom. The van der Waals surface area contributed by atoms with E-state index >= 15 is 0 Å². The number of nitrogens with one attached hydrogen (secondary N) is 6. The van der Waals surface area contributed by atoms with Crippen molar-refractivity contribution in [3.05, 3.63) is 255 Å². The minimum atomic E-state index is -1.64. The summed E-state index contributed by atoms with van der Waals surface area (Å²) in [7, 11) is 3.08. The van der Waals surface area contributed by atoms with Crippen LogP contribution in [0, 0.1) is 29.2 Å². The van der Waals surface area contributed by atoms with Crippen molar-refractivity contribution in [1.82, 2.24) is 66.5 Å². The number of methoxy groups -OCH3 is 3. The highest BCUT2D eigenvalue weighted by Crippen LogP contribution is 2.39. The maximum Gasteiger partial charge on any atom is 0.487 e. The monoisotopic (exact) mass is 1880 g/mol. The normalized spacial score (nSPS) is 17.6. The van der Waals surface area contributed by atoms with Crippen molar-refractivity contribution in [2.24, 2.45) is 0 Å². The molecule has 17 rings (SSSR count). The van der Waals surface area contributed by atoms with Crippen LogP contribution in [-0.4, -0.2) is 162 Å². The molecule has 12 amide bonds. The Hall–Kier alpha value is -13.3. The zero-order valence-corrected chi connectivity index (χ0v) is 68.0. The minimum Gasteiger partial charge on any atom is -0.506 e. The van der Waals surface area contributed by atoms with Gasteiger partial charge in [0.05, 0.1) is 66.0 Å². The number of carbonyl (C=O) groups excluding carboxylic acids is 9. The van der Waals surface area contributed by atoms with Gasteiger partial charge in [0.2, 0.25) is 0 Å². The van der Waals surface area contributed by atoms with Gasteiger partial charge >= 0.3 is 25.2 Å². The van der Waals surface area contributed by atoms with Gasteiger partial charge in [-0.2, -0.15) is 0 Å². The summed E-state index contributed by atoms with van der Waals surface area (Å²) < 4.78 is 30.1. The molecule has 0 unspecified atom stereocenters. The molecular weight excluding hydrogens is 1820 g/mol. The van der Waals surface area contributed by atoms with E-state index in [0.717, 1.165) is 31.5 Å². The van der Waals surface area contributed by atoms with Gasteiger partial charge in [-0.1, -0.05) is 66.6 Å². The van der Waals surface area contributed by atoms with Gasteiger partial charge in [0, 0.05) is 48.5 Å². The van der Waals surface area contributed by atoms with Crippen LogP contribution in [0.2, 0.25) is 0 Å². The number of imide groups is 3. The van der Waals surface area contributed by atoms with Crippen LogP contribution >= 0.6 is 70.4 Å². The van der Waals surface area contributed by atoms with E-state index in [2.05, 4.69) is 115 Å². The van der Waals surface area contributed by atoms with E-state index in [4.69, 9.17) is 62.9 Å². The minimum absolute atomic E-state index is 0.0864. The van der Waals surface area contributed by atoms with Gasteiger partial charge in [0.1, 0.15) is 68.8 Å². The lowest BCUT2D eigenvalue weighted by molar-refractivity contribution is -0.126. The Kier molecular flexibility index (Phi) is 25.0. The number of rotatable bonds is 13. The maximum absolute atomic E-state index is 13.2. The van der Waals surface area contributed by atoms with Crippen molar-refractivity contribution in [3.8, 4) is 52.3 Å². The first-order valence-electron chi connectivity index (χ1n) is 34.4. The molecule has 38 heteroatoms. The summed E-state index contributed by atoms with van der Waals surface area (Å²) in [6.07, 6.45) is 6.79. The molecule has 6 aromatic heterocycles. The van der Waals surface area contributed by atoms with Gasteiger partial charge in [0.15, 0.2) is 39.2 Å². The highest BCUT2D eigenvalue weighted by atomic mass is 127. The topological polar surface area (TPSA) is 431 Å². The number of carbonyl (C=O) groups is 9. The molecule has 10 N–H and O–H groups in total. The molecule has 0 radical (unpaired) electrons. The predicted molar refractivity (Wildman–Crippen MR) is 438 cm³/mol. The summed E-state index contributed by atoms with van der Waals surface area (Å²) in [5.74, 6) is 2.14. The molecule has 0 bridgehead atoms. The van der Waals surface area contributed by atoms with Crippen molar-refractivity contribution in [2.75, 3.05) is 41.0 Å². The van der Waals surface area contributed by atoms with E-state index < -0.39 is 59.6 Å². The predicted octanol–water partition coefficient (Wildman–Crippen LogP) is 9.52. The third-order valence-corrected chi connectivity index (χ3v) is 20.7. The summed E-state index contributed by atoms with van der Waals surface area (Å²) in [6.45, 7) is 14.5. The molecule has 12 heterocycles. The maximum atomic E-state index is 13.2. The number of aromatic nitrogens is 4. The fourth-order valence-electron chi connectivity index (χ4n) is 12.8. The highest BCUT2D eigenvalue weighted by Gasteiger charge is 2.55. The number of ether oxygens (including phenoxy) is 3. The fourth-order valence-corrected chi connectivity index (χ4v) is 14.4. The quantitative estimate of drug-likeness (QED) is 0.0128. The molecule has 6 aliphatic heterocycles. The Labute approximate surface area is 702 Å². The summed E-state index contributed by atoms with van der Waals surface area (Å²) in [5.41, 5.74) is 3.70. The number of amides is 12. The van der Waals surface area contributed by atoms with Crippen LogP contribution in [0.15, 0.2) is 193 Å². The smallest absolute Gasteiger partial charge is 0.487 e. The number of aromatic hydroxyl groups is 2. The molecule has 3 saturated heterocycles. The molecule has 6 aliphatic rings. The molecule has 3 fully saturated rings. The molecule has 0 spiro atoms. The van der Waals surface area contributed by atoms with Crippen LogP contribution < -0.4 is 51.6 Å². The molecule has 3 atom stereocenters. The van der Waals surface area contributed by atoms with Crippen LogP contribution in [0.1, 0.15) is 59.3 Å². The molecular formula is C79H60BBr3IN15O18. The number of benzene rings is 5. The van der Waals surface area contributed by atoms with E-state index in [1.165, 1.54) is 48.3 Å². The summed E-state index contributed by atoms with van der Waals surface area (Å²) in [4.78, 5) is 140. The molecule has 0 aliphatic carbocycles. The lowest BCUT2D eigenvalue weighted by atomic mass is 9.80. The third kappa shape index (κ3) is 18.1. The molecule has 11 aromatic rings. The van der Waals surface area contributed by atoms with Gasteiger partial charge in [-0.15, -0.1) is 6.42 Å². The average Bonchev–Trinajstić information content (AvgIpc) is 1.60. The molecule has 117 heavy (non-hydrogen) atoms. The zero-order chi connectivity index (χ0) is 83.8. The first-order valence-corrected chi connectivity index (χ1v) is 37.8. The van der Waals surface area contributed by atoms with Crippen molar-refractivity contribution >= 4 is 170 Å². The largest absolute Gasteiger partial charge is 0.506 e. The summed E-state index contributed by atoms with van der Waals surface area (Å²) >= 11 is 11.6. The standard InChI is InChI=1S/C27H19N5O5.C20H15BrN4O5.C15H13N3O4.C7H6BNO2.C5H3BrINO.C5H4BrNO/c1-28-17-5-3-4-15(10-17)20-8-9-22-21(29-20)12-23(37-22)27(25(34)30-26(35)31-27)14-32-13-16-6-7-18(36-2)11-19(16)24(32)33;1-29-11-3-2-10-8-25(17(26)12(10)6-11)9-20(18(27)23-19(28)24-20)15-7-13-14(30-15)4-5-16(21)22-13;1-3-15(13(20)16-14(21)17-15)8-18-7-9-4-5-10(22-2)6-11(9)12(18)19;1-9-7-4-2-3-6(5-7)8(10)11;6-4-2-1-3(9)5(7)8-4;6-5-2-1-4(8)3-7-5/h3-12H,13-14H2,2H3,(H2,30,31,34,35);2-7H,8-9H2,1H3,(H2,23,24,27,28);1,4-6H,7-8H2,2H3,(H2,16,17,20,21);2-5,10-11H;1-2,9H;1-3,8H/t27-;20-;15-;;;/m001.../s1. The van der Waals surface area contributed by atoms with Crippen molar-refractivity contribution < 1.29 is 86.5 Å². The molecule has 5 aromatic carbocycles. The van der Waals surface area contributed by atoms with Crippen LogP contribution in [0.4, 0.5) is 25.8 Å². The number of furan rings is 2. The highest BCUT2D eigenvalue weighted by molar-refractivity contribution is 14.1. The van der Waals surface area contributed by atoms with E-state index in [9.17, 15) is 43.2 Å². The SMILES string of the molecule is C#C[C@]1(CN2Cc3ccc(OC)cc3C2=O)NC(=O)NC1=O.COc1ccc2c(c1)C(=O)N(C[C@@]1(c3cc4nc(Br)ccc4o3)NC(=O)NC1=O)C2.Oc1ccc(Br)nc1.Oc1ccc(Br)nc1I.[C-]#[N+]c1cccc(-c2ccc3oc([C@]4(CN5Cc6ccc(OC)cc6C5=O)NC(=O)NC4=O)cc3n2)c1.[C-]#[N+]c1cccc(B(O)O)c1. The van der Waals surface area contributed by atoms with Gasteiger partial charge in [-0.3, -0.25) is 44.7 Å². The van der Waals surface area contributed by atoms with Crippen LogP contribution in [0.5, 0.6) is 28.7 Å². The second-order valence-corrected chi connectivity index (χ2v) is 29.4. The number of nitrogens with zero attached hydrogens (tertiary/aromatic N) is 9. The van der Waals surface area contributed by atoms with Crippen LogP contribution in [0.3, 0.4) is 0 Å². The van der Waals surface area contributed by atoms with Gasteiger partial charge in [-0.25, -0.2) is 44.0 Å². The lowest BCUT2D eigenvalue weighted by Crippen LogP contribution is -2.54. The Morgan fingerprint density at radius 1 is 0.538 bits per heavy atom. The van der Waals surface area contributed by atoms with Gasteiger partial charge in [-0.05, 0) is 189 Å². The first-order chi connectivity index (χ1) is 56.0. The summed E-state index contributed by atoms with van der Waals surface area (Å²) in [6, 6.07) is 43.6. The number of pyridine rings is 4. The lowest BCUT2D eigenvalue weighted by Gasteiger charge is -2.28. The molecule has 0 saturated carbocycles. The first kappa shape index (κ1) is 83.1. The fraction of sp³-hybridized carbons (Fsp3) is 0.152. The Bertz CT molecular complexity index is 5980. The van der Waals surface area contributed by atoms with Crippen LogP contribution in [-0.2, 0) is 45.1 Å². The Balaban J connectivity index is 0.000000141. The second kappa shape index (κ2) is 35.2. The van der Waals surface area contributed by atoms with E-state index in [0.29, 0.717) is 100 Å². The number of halogens is 4. The zero-order valence-electron chi connectivity index (χ0n) is 61.1. The number of terminal acetylenes is 1. The second-order valence-electron chi connectivity index (χ2n) is 26.0. The Morgan fingerprint density at radius 2 is 0.991 bits per heavy atom. The number of urea groups is 3. The van der Waals surface area contributed by atoms with Crippen molar-refractivity contribution in [3.63, 3.8) is 0 Å². The number of fused-ring (bicyclic) bond motifs is 5. The van der Waals surface area contributed by atoms with Crippen LogP contribution in [0.25, 0.3) is 43.1 Å². The molecule has 33 nitrogen and oxygen atoms in total. The summed E-state index contributed by atoms with van der Waals surface area (Å²) in [5, 5.41) is 49.4. The van der Waals surface area contributed by atoms with Gasteiger partial charge in [0.25, 0.3) is 35.4 Å². The van der Waals surface area contributed by atoms with E-state index in [1.807, 2.05) is 40.8 Å². The number of hydrogen-bond donors (Lipinski definition) is 10.